The average Bonchev–Trinajstić information content (AvgIpc) is 2.34. The normalized spacial score (nSPS) is 20.2. The SMILES string of the molecule is CCCC#CCCCCOC1CCCCO1. The Morgan fingerprint density at radius 2 is 2.06 bits per heavy atom. The molecule has 1 fully saturated rings. The molecule has 0 N–H and O–H groups in total. The zero-order valence-corrected chi connectivity index (χ0v) is 10.5. The van der Waals surface area contributed by atoms with Crippen LogP contribution in [0.1, 0.15) is 58.3 Å². The van der Waals surface area contributed by atoms with Gasteiger partial charge in [-0.25, -0.2) is 0 Å². The minimum absolute atomic E-state index is 0.0694. The lowest BCUT2D eigenvalue weighted by Gasteiger charge is -2.22. The number of rotatable bonds is 6. The van der Waals surface area contributed by atoms with Crippen LogP contribution in [0.2, 0.25) is 0 Å². The van der Waals surface area contributed by atoms with Crippen molar-refractivity contribution in [2.45, 2.75) is 64.6 Å². The van der Waals surface area contributed by atoms with E-state index >= 15 is 0 Å². The van der Waals surface area contributed by atoms with Crippen molar-refractivity contribution in [3.63, 3.8) is 0 Å². The summed E-state index contributed by atoms with van der Waals surface area (Å²) in [5.74, 6) is 6.35. The quantitative estimate of drug-likeness (QED) is 0.508. The van der Waals surface area contributed by atoms with Crippen molar-refractivity contribution in [1.82, 2.24) is 0 Å². The second kappa shape index (κ2) is 9.69. The molecule has 1 saturated heterocycles. The lowest BCUT2D eigenvalue weighted by Crippen LogP contribution is -2.22. The van der Waals surface area contributed by atoms with Gasteiger partial charge >= 0.3 is 0 Å². The molecule has 1 atom stereocenters. The van der Waals surface area contributed by atoms with Gasteiger partial charge in [0.05, 0.1) is 0 Å². The first-order chi connectivity index (χ1) is 7.93. The molecular formula is C14H24O2. The lowest BCUT2D eigenvalue weighted by molar-refractivity contribution is -0.162. The Labute approximate surface area is 99.7 Å². The Balaban J connectivity index is 1.86. The molecule has 0 saturated carbocycles. The molecule has 1 heterocycles. The van der Waals surface area contributed by atoms with Crippen molar-refractivity contribution in [2.24, 2.45) is 0 Å². The van der Waals surface area contributed by atoms with Crippen molar-refractivity contribution in [3.8, 4) is 11.8 Å². The Morgan fingerprint density at radius 3 is 2.81 bits per heavy atom. The summed E-state index contributed by atoms with van der Waals surface area (Å²) in [5.41, 5.74) is 0. The monoisotopic (exact) mass is 224 g/mol. The second-order valence-electron chi connectivity index (χ2n) is 4.23. The van der Waals surface area contributed by atoms with Gasteiger partial charge in [-0.2, -0.15) is 0 Å². The highest BCUT2D eigenvalue weighted by Gasteiger charge is 2.12. The highest BCUT2D eigenvalue weighted by atomic mass is 16.7. The fourth-order valence-corrected chi connectivity index (χ4v) is 1.67. The number of ether oxygens (including phenoxy) is 2. The molecule has 1 aliphatic heterocycles. The molecule has 92 valence electrons. The van der Waals surface area contributed by atoms with Crippen LogP contribution in [0.15, 0.2) is 0 Å². The molecule has 0 aliphatic carbocycles. The van der Waals surface area contributed by atoms with Crippen LogP contribution >= 0.6 is 0 Å². The maximum absolute atomic E-state index is 5.64. The Bertz CT molecular complexity index is 209. The maximum Gasteiger partial charge on any atom is 0.157 e. The van der Waals surface area contributed by atoms with Crippen LogP contribution in [-0.4, -0.2) is 19.5 Å². The molecule has 0 amide bonds. The summed E-state index contributed by atoms with van der Waals surface area (Å²) in [5, 5.41) is 0. The fourth-order valence-electron chi connectivity index (χ4n) is 1.67. The van der Waals surface area contributed by atoms with Crippen LogP contribution in [0.3, 0.4) is 0 Å². The van der Waals surface area contributed by atoms with Crippen LogP contribution in [0, 0.1) is 11.8 Å². The minimum Gasteiger partial charge on any atom is -0.353 e. The molecule has 0 bridgehead atoms. The highest BCUT2D eigenvalue weighted by Crippen LogP contribution is 2.13. The molecule has 1 rings (SSSR count). The standard InChI is InChI=1S/C14H24O2/c1-2-3-4-5-6-7-9-12-15-14-11-8-10-13-16-14/h14H,2-3,6-13H2,1H3. The van der Waals surface area contributed by atoms with E-state index in [0.29, 0.717) is 0 Å². The maximum atomic E-state index is 5.64. The zero-order valence-electron chi connectivity index (χ0n) is 10.5. The molecular weight excluding hydrogens is 200 g/mol. The van der Waals surface area contributed by atoms with Gasteiger partial charge in [0.15, 0.2) is 6.29 Å². The Hall–Kier alpha value is -0.520. The lowest BCUT2D eigenvalue weighted by atomic mass is 10.2. The van der Waals surface area contributed by atoms with Crippen LogP contribution in [-0.2, 0) is 9.47 Å². The van der Waals surface area contributed by atoms with Crippen LogP contribution < -0.4 is 0 Å². The van der Waals surface area contributed by atoms with E-state index in [0.717, 1.165) is 51.7 Å². The number of hydrogen-bond acceptors (Lipinski definition) is 2. The molecule has 0 aromatic rings. The molecule has 1 unspecified atom stereocenters. The topological polar surface area (TPSA) is 18.5 Å². The Kier molecular flexibility index (Phi) is 8.20. The van der Waals surface area contributed by atoms with Gasteiger partial charge in [0, 0.05) is 26.1 Å². The molecule has 1 aliphatic rings. The predicted molar refractivity (Wildman–Crippen MR) is 66.1 cm³/mol. The summed E-state index contributed by atoms with van der Waals surface area (Å²) in [6.07, 6.45) is 9.01. The molecule has 0 spiro atoms. The van der Waals surface area contributed by atoms with E-state index in [4.69, 9.17) is 9.47 Å². The van der Waals surface area contributed by atoms with E-state index in [1.165, 1.54) is 12.8 Å². The summed E-state index contributed by atoms with van der Waals surface area (Å²) >= 11 is 0. The fraction of sp³-hybridized carbons (Fsp3) is 0.857. The van der Waals surface area contributed by atoms with Gasteiger partial charge in [-0.1, -0.05) is 6.92 Å². The molecule has 0 radical (unpaired) electrons. The predicted octanol–water partition coefficient (Wildman–Crippen LogP) is 3.50. The molecule has 0 aromatic heterocycles. The summed E-state index contributed by atoms with van der Waals surface area (Å²) in [4.78, 5) is 0. The van der Waals surface area contributed by atoms with Gasteiger partial charge < -0.3 is 9.47 Å². The van der Waals surface area contributed by atoms with Gasteiger partial charge in [-0.05, 0) is 38.5 Å². The molecule has 0 aromatic carbocycles. The van der Waals surface area contributed by atoms with Gasteiger partial charge in [0.1, 0.15) is 0 Å². The van der Waals surface area contributed by atoms with Crippen molar-refractivity contribution < 1.29 is 9.47 Å². The average molecular weight is 224 g/mol. The first kappa shape index (κ1) is 13.5. The summed E-state index contributed by atoms with van der Waals surface area (Å²) in [6, 6.07) is 0. The van der Waals surface area contributed by atoms with Gasteiger partial charge in [0.2, 0.25) is 0 Å². The third kappa shape index (κ3) is 6.87. The van der Waals surface area contributed by atoms with E-state index in [2.05, 4.69) is 18.8 Å². The van der Waals surface area contributed by atoms with Crippen molar-refractivity contribution in [3.05, 3.63) is 0 Å². The highest BCUT2D eigenvalue weighted by molar-refractivity contribution is 4.98. The van der Waals surface area contributed by atoms with Crippen LogP contribution in [0.5, 0.6) is 0 Å². The number of unbranched alkanes of at least 4 members (excludes halogenated alkanes) is 3. The Morgan fingerprint density at radius 1 is 1.19 bits per heavy atom. The van der Waals surface area contributed by atoms with Crippen molar-refractivity contribution >= 4 is 0 Å². The molecule has 2 nitrogen and oxygen atoms in total. The first-order valence-electron chi connectivity index (χ1n) is 6.62. The van der Waals surface area contributed by atoms with Crippen LogP contribution in [0.4, 0.5) is 0 Å². The molecule has 2 heteroatoms. The van der Waals surface area contributed by atoms with E-state index in [-0.39, 0.29) is 6.29 Å². The van der Waals surface area contributed by atoms with Crippen LogP contribution in [0.25, 0.3) is 0 Å². The summed E-state index contributed by atoms with van der Waals surface area (Å²) in [7, 11) is 0. The van der Waals surface area contributed by atoms with E-state index in [9.17, 15) is 0 Å². The van der Waals surface area contributed by atoms with Crippen molar-refractivity contribution in [2.75, 3.05) is 13.2 Å². The largest absolute Gasteiger partial charge is 0.353 e. The van der Waals surface area contributed by atoms with E-state index in [1.54, 1.807) is 0 Å². The van der Waals surface area contributed by atoms with Gasteiger partial charge in [-0.3, -0.25) is 0 Å². The smallest absolute Gasteiger partial charge is 0.157 e. The first-order valence-corrected chi connectivity index (χ1v) is 6.62. The molecule has 16 heavy (non-hydrogen) atoms. The van der Waals surface area contributed by atoms with E-state index < -0.39 is 0 Å². The minimum atomic E-state index is 0.0694. The van der Waals surface area contributed by atoms with Crippen molar-refractivity contribution in [1.29, 1.82) is 0 Å². The summed E-state index contributed by atoms with van der Waals surface area (Å²) in [6.45, 7) is 3.85. The zero-order chi connectivity index (χ0) is 11.5. The van der Waals surface area contributed by atoms with E-state index in [1.807, 2.05) is 0 Å². The second-order valence-corrected chi connectivity index (χ2v) is 4.23. The summed E-state index contributed by atoms with van der Waals surface area (Å²) < 4.78 is 11.1. The number of hydrogen-bond donors (Lipinski definition) is 0. The third-order valence-electron chi connectivity index (χ3n) is 2.64. The van der Waals surface area contributed by atoms with Gasteiger partial charge in [0.25, 0.3) is 0 Å². The van der Waals surface area contributed by atoms with Gasteiger partial charge in [-0.15, -0.1) is 11.8 Å². The third-order valence-corrected chi connectivity index (χ3v) is 2.64.